The maximum absolute atomic E-state index is 12.3. The zero-order chi connectivity index (χ0) is 14.3. The number of ether oxygens (including phenoxy) is 2. The van der Waals surface area contributed by atoms with Crippen LogP contribution in [0.3, 0.4) is 0 Å². The predicted molar refractivity (Wildman–Crippen MR) is 63.7 cm³/mol. The highest BCUT2D eigenvalue weighted by molar-refractivity contribution is 5.25. The van der Waals surface area contributed by atoms with E-state index in [0.717, 1.165) is 12.1 Å². The Morgan fingerprint density at radius 2 is 1.74 bits per heavy atom. The van der Waals surface area contributed by atoms with Crippen LogP contribution < -0.4 is 0 Å². The summed E-state index contributed by atoms with van der Waals surface area (Å²) in [5.74, 6) is 0. The zero-order valence-corrected chi connectivity index (χ0v) is 10.6. The van der Waals surface area contributed by atoms with Crippen molar-refractivity contribution in [3.63, 3.8) is 0 Å². The fourth-order valence-electron chi connectivity index (χ4n) is 1.50. The molecular weight excluding hydrogens is 261 g/mol. The minimum Gasteiger partial charge on any atom is -0.388 e. The molecule has 0 heterocycles. The van der Waals surface area contributed by atoms with Crippen molar-refractivity contribution in [2.24, 2.45) is 0 Å². The maximum Gasteiger partial charge on any atom is 0.416 e. The largest absolute Gasteiger partial charge is 0.416 e. The fourth-order valence-corrected chi connectivity index (χ4v) is 1.50. The Morgan fingerprint density at radius 1 is 1.11 bits per heavy atom. The normalized spacial score (nSPS) is 13.5. The van der Waals surface area contributed by atoms with Crippen molar-refractivity contribution in [3.8, 4) is 0 Å². The van der Waals surface area contributed by atoms with Crippen LogP contribution in [0.25, 0.3) is 0 Å². The first-order valence-electron chi connectivity index (χ1n) is 5.87. The van der Waals surface area contributed by atoms with Gasteiger partial charge in [0.15, 0.2) is 0 Å². The average molecular weight is 278 g/mol. The molecule has 6 heteroatoms. The van der Waals surface area contributed by atoms with E-state index >= 15 is 0 Å². The smallest absolute Gasteiger partial charge is 0.388 e. The van der Waals surface area contributed by atoms with Gasteiger partial charge in [-0.25, -0.2) is 0 Å². The van der Waals surface area contributed by atoms with Crippen LogP contribution in [-0.2, 0) is 15.7 Å². The molecule has 0 aliphatic heterocycles. The summed E-state index contributed by atoms with van der Waals surface area (Å²) in [6.07, 6.45) is -4.85. The van der Waals surface area contributed by atoms with E-state index in [4.69, 9.17) is 9.47 Å². The number of alkyl halides is 3. The highest BCUT2D eigenvalue weighted by Gasteiger charge is 2.30. The van der Waals surface area contributed by atoms with Gasteiger partial charge in [-0.3, -0.25) is 0 Å². The van der Waals surface area contributed by atoms with Crippen LogP contribution in [-0.4, -0.2) is 32.0 Å². The lowest BCUT2D eigenvalue weighted by Crippen LogP contribution is -2.08. The lowest BCUT2D eigenvalue weighted by Gasteiger charge is -2.13. The summed E-state index contributed by atoms with van der Waals surface area (Å²) in [5, 5.41) is 9.78. The first kappa shape index (κ1) is 15.9. The molecule has 0 spiro atoms. The molecule has 0 bridgehead atoms. The minimum atomic E-state index is -4.35. The number of hydrogen-bond acceptors (Lipinski definition) is 3. The number of halogens is 3. The Labute approximate surface area is 110 Å². The molecule has 1 N–H and O–H groups in total. The highest BCUT2D eigenvalue weighted by atomic mass is 19.4. The summed E-state index contributed by atoms with van der Waals surface area (Å²) in [5.41, 5.74) is -0.275. The molecule has 1 rings (SSSR count). The van der Waals surface area contributed by atoms with E-state index in [2.05, 4.69) is 0 Å². The molecule has 19 heavy (non-hydrogen) atoms. The van der Waals surface area contributed by atoms with E-state index in [0.29, 0.717) is 31.8 Å². The molecule has 0 saturated heterocycles. The lowest BCUT2D eigenvalue weighted by molar-refractivity contribution is -0.137. The van der Waals surface area contributed by atoms with E-state index in [9.17, 15) is 18.3 Å². The first-order valence-corrected chi connectivity index (χ1v) is 5.87. The second-order valence-corrected chi connectivity index (χ2v) is 4.03. The van der Waals surface area contributed by atoms with Crippen molar-refractivity contribution in [1.29, 1.82) is 0 Å². The Balaban J connectivity index is 2.42. The SMILES string of the molecule is COCCOCCC(O)c1ccc(C(F)(F)F)cc1. The van der Waals surface area contributed by atoms with Crippen LogP contribution >= 0.6 is 0 Å². The predicted octanol–water partition coefficient (Wildman–Crippen LogP) is 2.79. The Morgan fingerprint density at radius 3 is 2.26 bits per heavy atom. The number of hydrogen-bond donors (Lipinski definition) is 1. The van der Waals surface area contributed by atoms with Gasteiger partial charge >= 0.3 is 6.18 Å². The molecule has 0 aliphatic rings. The fraction of sp³-hybridized carbons (Fsp3) is 0.538. The minimum absolute atomic E-state index is 0.325. The van der Waals surface area contributed by atoms with E-state index in [1.54, 1.807) is 7.11 Å². The Hall–Kier alpha value is -1.11. The second-order valence-electron chi connectivity index (χ2n) is 4.03. The van der Waals surface area contributed by atoms with Crippen molar-refractivity contribution in [2.75, 3.05) is 26.9 Å². The van der Waals surface area contributed by atoms with Gasteiger partial charge in [-0.05, 0) is 17.7 Å². The summed E-state index contributed by atoms with van der Waals surface area (Å²) < 4.78 is 47.0. The molecule has 1 aromatic rings. The summed E-state index contributed by atoms with van der Waals surface area (Å²) >= 11 is 0. The zero-order valence-electron chi connectivity index (χ0n) is 10.6. The van der Waals surface area contributed by atoms with Crippen molar-refractivity contribution in [1.82, 2.24) is 0 Å². The Kier molecular flexibility index (Phi) is 6.27. The van der Waals surface area contributed by atoms with Gasteiger partial charge in [0.05, 0.1) is 24.9 Å². The number of benzene rings is 1. The monoisotopic (exact) mass is 278 g/mol. The van der Waals surface area contributed by atoms with Gasteiger partial charge in [-0.2, -0.15) is 13.2 Å². The van der Waals surface area contributed by atoms with Crippen LogP contribution in [0.1, 0.15) is 23.7 Å². The van der Waals surface area contributed by atoms with Crippen LogP contribution in [0.15, 0.2) is 24.3 Å². The number of methoxy groups -OCH3 is 1. The third kappa shape index (κ3) is 5.59. The second kappa shape index (κ2) is 7.47. The van der Waals surface area contributed by atoms with Crippen molar-refractivity contribution in [3.05, 3.63) is 35.4 Å². The standard InChI is InChI=1S/C13H17F3O3/c1-18-8-9-19-7-6-12(17)10-2-4-11(5-3-10)13(14,15)16/h2-5,12,17H,6-9H2,1H3. The quantitative estimate of drug-likeness (QED) is 0.779. The summed E-state index contributed by atoms with van der Waals surface area (Å²) in [6, 6.07) is 4.49. The van der Waals surface area contributed by atoms with Crippen molar-refractivity contribution >= 4 is 0 Å². The summed E-state index contributed by atoms with van der Waals surface area (Å²) in [7, 11) is 1.56. The molecule has 0 amide bonds. The lowest BCUT2D eigenvalue weighted by atomic mass is 10.0. The van der Waals surface area contributed by atoms with E-state index < -0.39 is 17.8 Å². The molecule has 0 aliphatic carbocycles. The molecule has 1 unspecified atom stereocenters. The third-order valence-electron chi connectivity index (χ3n) is 2.59. The molecule has 1 aromatic carbocycles. The van der Waals surface area contributed by atoms with Crippen LogP contribution in [0.4, 0.5) is 13.2 Å². The first-order chi connectivity index (χ1) is 8.95. The van der Waals surface area contributed by atoms with E-state index in [-0.39, 0.29) is 0 Å². The molecule has 0 aromatic heterocycles. The van der Waals surface area contributed by atoms with E-state index in [1.807, 2.05) is 0 Å². The third-order valence-corrected chi connectivity index (χ3v) is 2.59. The van der Waals surface area contributed by atoms with Gasteiger partial charge in [0, 0.05) is 20.1 Å². The molecule has 0 radical (unpaired) electrons. The highest BCUT2D eigenvalue weighted by Crippen LogP contribution is 2.30. The van der Waals surface area contributed by atoms with Gasteiger partial charge in [0.1, 0.15) is 0 Å². The molecular formula is C13H17F3O3. The summed E-state index contributed by atoms with van der Waals surface area (Å²) in [4.78, 5) is 0. The van der Waals surface area contributed by atoms with E-state index in [1.165, 1.54) is 12.1 Å². The number of aliphatic hydroxyl groups excluding tert-OH is 1. The van der Waals surface area contributed by atoms with Crippen LogP contribution in [0.2, 0.25) is 0 Å². The van der Waals surface area contributed by atoms with Gasteiger partial charge in [0.2, 0.25) is 0 Å². The topological polar surface area (TPSA) is 38.7 Å². The van der Waals surface area contributed by atoms with Gasteiger partial charge < -0.3 is 14.6 Å². The maximum atomic E-state index is 12.3. The molecule has 0 saturated carbocycles. The average Bonchev–Trinajstić information content (AvgIpc) is 2.37. The molecule has 108 valence electrons. The van der Waals surface area contributed by atoms with Crippen molar-refractivity contribution in [2.45, 2.75) is 18.7 Å². The van der Waals surface area contributed by atoms with Gasteiger partial charge in [-0.1, -0.05) is 12.1 Å². The molecule has 0 fully saturated rings. The number of aliphatic hydroxyl groups is 1. The molecule has 3 nitrogen and oxygen atoms in total. The Bertz CT molecular complexity index is 362. The number of rotatable bonds is 7. The van der Waals surface area contributed by atoms with Crippen molar-refractivity contribution < 1.29 is 27.8 Å². The van der Waals surface area contributed by atoms with Crippen LogP contribution in [0.5, 0.6) is 0 Å². The van der Waals surface area contributed by atoms with Gasteiger partial charge in [-0.15, -0.1) is 0 Å². The van der Waals surface area contributed by atoms with Gasteiger partial charge in [0.25, 0.3) is 0 Å². The van der Waals surface area contributed by atoms with Crippen LogP contribution in [0, 0.1) is 0 Å². The molecule has 1 atom stereocenters. The summed E-state index contributed by atoms with van der Waals surface area (Å²) in [6.45, 7) is 1.22.